The van der Waals surface area contributed by atoms with Crippen LogP contribution in [0.4, 0.5) is 11.4 Å². The summed E-state index contributed by atoms with van der Waals surface area (Å²) in [6, 6.07) is 10.5. The summed E-state index contributed by atoms with van der Waals surface area (Å²) in [5.74, 6) is -0.264. The average Bonchev–Trinajstić information content (AvgIpc) is 3.20. The minimum absolute atomic E-state index is 0.0386. The van der Waals surface area contributed by atoms with Crippen LogP contribution in [0.15, 0.2) is 53.4 Å². The SMILES string of the molecule is O=C(NCC1CCCO1)c1ccc(NS(=O)(=O)c2ccc([N+](=O)[O-])cc2)cc1. The van der Waals surface area contributed by atoms with Crippen LogP contribution in [0.25, 0.3) is 0 Å². The molecule has 0 radical (unpaired) electrons. The average molecular weight is 405 g/mol. The lowest BCUT2D eigenvalue weighted by Gasteiger charge is -2.11. The van der Waals surface area contributed by atoms with Crippen molar-refractivity contribution >= 4 is 27.3 Å². The Hall–Kier alpha value is -2.98. The number of carbonyl (C=O) groups is 1. The van der Waals surface area contributed by atoms with Gasteiger partial charge in [-0.2, -0.15) is 0 Å². The van der Waals surface area contributed by atoms with E-state index in [1.54, 1.807) is 0 Å². The fourth-order valence-corrected chi connectivity index (χ4v) is 3.82. The molecular formula is C18H19N3O6S. The third-order valence-electron chi connectivity index (χ3n) is 4.27. The predicted octanol–water partition coefficient (Wildman–Crippen LogP) is 2.30. The van der Waals surface area contributed by atoms with Gasteiger partial charge in [0.1, 0.15) is 0 Å². The smallest absolute Gasteiger partial charge is 0.269 e. The molecule has 0 bridgehead atoms. The number of nitro groups is 1. The monoisotopic (exact) mass is 405 g/mol. The fourth-order valence-electron chi connectivity index (χ4n) is 2.76. The van der Waals surface area contributed by atoms with Gasteiger partial charge in [-0.15, -0.1) is 0 Å². The maximum atomic E-state index is 12.4. The molecule has 0 saturated carbocycles. The van der Waals surface area contributed by atoms with Gasteiger partial charge in [0, 0.05) is 36.5 Å². The third kappa shape index (κ3) is 4.84. The molecule has 2 aromatic carbocycles. The molecule has 1 atom stereocenters. The van der Waals surface area contributed by atoms with Crippen molar-refractivity contribution < 1.29 is 22.9 Å². The molecule has 0 spiro atoms. The zero-order chi connectivity index (χ0) is 20.1. The first-order chi connectivity index (χ1) is 13.3. The molecule has 1 fully saturated rings. The number of sulfonamides is 1. The summed E-state index contributed by atoms with van der Waals surface area (Å²) in [4.78, 5) is 22.1. The molecule has 1 aliphatic rings. The largest absolute Gasteiger partial charge is 0.376 e. The molecule has 10 heteroatoms. The van der Waals surface area contributed by atoms with Crippen molar-refractivity contribution in [1.82, 2.24) is 5.32 Å². The number of non-ortho nitro benzene ring substituents is 1. The van der Waals surface area contributed by atoms with Crippen LogP contribution < -0.4 is 10.0 Å². The molecule has 0 aromatic heterocycles. The number of ether oxygens (including phenoxy) is 1. The number of nitrogens with one attached hydrogen (secondary N) is 2. The van der Waals surface area contributed by atoms with Crippen molar-refractivity contribution in [1.29, 1.82) is 0 Å². The molecule has 0 aliphatic carbocycles. The standard InChI is InChI=1S/C18H19N3O6S/c22-18(19-12-16-2-1-11-27-16)13-3-5-14(6-4-13)20-28(25,26)17-9-7-15(8-10-17)21(23)24/h3-10,16,20H,1-2,11-12H2,(H,19,22). The Morgan fingerprint density at radius 2 is 1.82 bits per heavy atom. The highest BCUT2D eigenvalue weighted by atomic mass is 32.2. The topological polar surface area (TPSA) is 128 Å². The van der Waals surface area contributed by atoms with Crippen LogP contribution in [0.2, 0.25) is 0 Å². The van der Waals surface area contributed by atoms with E-state index >= 15 is 0 Å². The zero-order valence-corrected chi connectivity index (χ0v) is 15.6. The Bertz CT molecular complexity index is 952. The second-order valence-electron chi connectivity index (χ2n) is 6.28. The van der Waals surface area contributed by atoms with Crippen molar-refractivity contribution in [3.63, 3.8) is 0 Å². The number of benzene rings is 2. The molecular weight excluding hydrogens is 386 g/mol. The van der Waals surface area contributed by atoms with Gasteiger partial charge in [0.25, 0.3) is 21.6 Å². The third-order valence-corrected chi connectivity index (χ3v) is 5.67. The first-order valence-corrected chi connectivity index (χ1v) is 10.1. The van der Waals surface area contributed by atoms with Crippen molar-refractivity contribution in [3.8, 4) is 0 Å². The molecule has 2 aromatic rings. The quantitative estimate of drug-likeness (QED) is 0.537. The minimum Gasteiger partial charge on any atom is -0.376 e. The van der Waals surface area contributed by atoms with Crippen LogP contribution in [-0.2, 0) is 14.8 Å². The van der Waals surface area contributed by atoms with Crippen LogP contribution in [0.5, 0.6) is 0 Å². The van der Waals surface area contributed by atoms with Crippen molar-refractivity contribution in [2.24, 2.45) is 0 Å². The van der Waals surface area contributed by atoms with Crippen LogP contribution in [0.1, 0.15) is 23.2 Å². The lowest BCUT2D eigenvalue weighted by molar-refractivity contribution is -0.384. The molecule has 1 amide bonds. The predicted molar refractivity (Wildman–Crippen MR) is 102 cm³/mol. The summed E-state index contributed by atoms with van der Waals surface area (Å²) in [5.41, 5.74) is 0.475. The van der Waals surface area contributed by atoms with E-state index in [1.165, 1.54) is 24.3 Å². The van der Waals surface area contributed by atoms with Gasteiger partial charge in [-0.05, 0) is 49.2 Å². The van der Waals surface area contributed by atoms with Crippen LogP contribution >= 0.6 is 0 Å². The van der Waals surface area contributed by atoms with Gasteiger partial charge in [0.2, 0.25) is 0 Å². The molecule has 3 rings (SSSR count). The normalized spacial score (nSPS) is 16.5. The highest BCUT2D eigenvalue weighted by Crippen LogP contribution is 2.19. The van der Waals surface area contributed by atoms with E-state index < -0.39 is 14.9 Å². The second-order valence-corrected chi connectivity index (χ2v) is 7.96. The van der Waals surface area contributed by atoms with Gasteiger partial charge in [-0.3, -0.25) is 19.6 Å². The van der Waals surface area contributed by atoms with Gasteiger partial charge in [-0.1, -0.05) is 0 Å². The minimum atomic E-state index is -3.90. The van der Waals surface area contributed by atoms with Crippen molar-refractivity contribution in [2.75, 3.05) is 17.9 Å². The van der Waals surface area contributed by atoms with Gasteiger partial charge >= 0.3 is 0 Å². The van der Waals surface area contributed by atoms with E-state index in [-0.39, 0.29) is 28.3 Å². The number of carbonyl (C=O) groups excluding carboxylic acids is 1. The Kier molecular flexibility index (Phi) is 5.90. The molecule has 28 heavy (non-hydrogen) atoms. The summed E-state index contributed by atoms with van der Waals surface area (Å²) in [7, 11) is -3.90. The Labute approximate surface area is 161 Å². The molecule has 1 heterocycles. The number of anilines is 1. The van der Waals surface area contributed by atoms with Crippen LogP contribution in [0, 0.1) is 10.1 Å². The summed E-state index contributed by atoms with van der Waals surface area (Å²) in [6.45, 7) is 1.15. The number of amides is 1. The van der Waals surface area contributed by atoms with E-state index in [2.05, 4.69) is 10.0 Å². The first-order valence-electron chi connectivity index (χ1n) is 8.62. The summed E-state index contributed by atoms with van der Waals surface area (Å²) in [6.07, 6.45) is 1.95. The zero-order valence-electron chi connectivity index (χ0n) is 14.8. The molecule has 1 aliphatic heterocycles. The molecule has 148 valence electrons. The number of nitro benzene ring substituents is 1. The second kappa shape index (κ2) is 8.36. The van der Waals surface area contributed by atoms with Gasteiger partial charge in [0.15, 0.2) is 0 Å². The molecule has 9 nitrogen and oxygen atoms in total. The molecule has 1 unspecified atom stereocenters. The van der Waals surface area contributed by atoms with Gasteiger partial charge in [0.05, 0.1) is 15.9 Å². The highest BCUT2D eigenvalue weighted by Gasteiger charge is 2.18. The number of hydrogen-bond donors (Lipinski definition) is 2. The van der Waals surface area contributed by atoms with E-state index in [1.807, 2.05) is 0 Å². The van der Waals surface area contributed by atoms with E-state index in [0.29, 0.717) is 18.7 Å². The number of rotatable bonds is 7. The van der Waals surface area contributed by atoms with Crippen LogP contribution in [0.3, 0.4) is 0 Å². The van der Waals surface area contributed by atoms with Gasteiger partial charge in [-0.25, -0.2) is 8.42 Å². The van der Waals surface area contributed by atoms with Crippen LogP contribution in [-0.4, -0.2) is 38.5 Å². The Morgan fingerprint density at radius 1 is 1.14 bits per heavy atom. The number of nitrogens with zero attached hydrogens (tertiary/aromatic N) is 1. The molecule has 2 N–H and O–H groups in total. The van der Waals surface area contributed by atoms with Gasteiger partial charge < -0.3 is 10.1 Å². The molecule has 1 saturated heterocycles. The summed E-state index contributed by atoms with van der Waals surface area (Å²) in [5, 5.41) is 13.5. The Balaban J connectivity index is 1.62. The lowest BCUT2D eigenvalue weighted by Crippen LogP contribution is -2.31. The Morgan fingerprint density at radius 3 is 2.39 bits per heavy atom. The summed E-state index contributed by atoms with van der Waals surface area (Å²) < 4.78 is 32.6. The fraction of sp³-hybridized carbons (Fsp3) is 0.278. The lowest BCUT2D eigenvalue weighted by atomic mass is 10.2. The van der Waals surface area contributed by atoms with E-state index in [0.717, 1.165) is 37.1 Å². The first kappa shape index (κ1) is 19.8. The van der Waals surface area contributed by atoms with E-state index in [4.69, 9.17) is 4.74 Å². The van der Waals surface area contributed by atoms with Crippen molar-refractivity contribution in [3.05, 3.63) is 64.2 Å². The van der Waals surface area contributed by atoms with Crippen molar-refractivity contribution in [2.45, 2.75) is 23.8 Å². The number of hydrogen-bond acceptors (Lipinski definition) is 6. The summed E-state index contributed by atoms with van der Waals surface area (Å²) >= 11 is 0. The maximum absolute atomic E-state index is 12.4. The maximum Gasteiger partial charge on any atom is 0.269 e. The van der Waals surface area contributed by atoms with E-state index in [9.17, 15) is 23.3 Å². The highest BCUT2D eigenvalue weighted by molar-refractivity contribution is 7.92.